The van der Waals surface area contributed by atoms with E-state index in [0.717, 1.165) is 38.8 Å². The van der Waals surface area contributed by atoms with Crippen molar-refractivity contribution in [2.24, 2.45) is 0 Å². The van der Waals surface area contributed by atoms with Gasteiger partial charge in [0, 0.05) is 5.56 Å². The molecule has 1 aromatic rings. The summed E-state index contributed by atoms with van der Waals surface area (Å²) in [5, 5.41) is 0.941. The number of carbonyl (C=O) groups is 1. The first kappa shape index (κ1) is 15.8. The Balaban J connectivity index is 2.38. The van der Waals surface area contributed by atoms with Gasteiger partial charge in [0.1, 0.15) is 0 Å². The number of Topliss-reactive ketones (excluding diaryl/α,β-unsaturated/α-hetero) is 1. The van der Waals surface area contributed by atoms with Crippen LogP contribution in [0.4, 0.5) is 0 Å². The molecule has 0 unspecified atom stereocenters. The maximum Gasteiger partial charge on any atom is 0.183 e. The van der Waals surface area contributed by atoms with Crippen molar-refractivity contribution < 1.29 is 4.79 Å². The molecule has 0 amide bonds. The Morgan fingerprint density at radius 2 is 1.75 bits per heavy atom. The second kappa shape index (κ2) is 6.46. The molecule has 0 aliphatic heterocycles. The molecular weight excluding hydrogens is 293 g/mol. The molecule has 0 spiro atoms. The lowest BCUT2D eigenvalue weighted by Gasteiger charge is -2.39. The lowest BCUT2D eigenvalue weighted by atomic mass is 9.85. The van der Waals surface area contributed by atoms with Crippen molar-refractivity contribution in [3.05, 3.63) is 33.8 Å². The molecule has 1 saturated carbocycles. The van der Waals surface area contributed by atoms with Crippen LogP contribution in [0.25, 0.3) is 0 Å². The highest BCUT2D eigenvalue weighted by atomic mass is 35.5. The Kier molecular flexibility index (Phi) is 5.11. The van der Waals surface area contributed by atoms with Crippen LogP contribution < -0.4 is 0 Å². The minimum absolute atomic E-state index is 0.192. The number of halogens is 2. The number of hydrogen-bond donors (Lipinski definition) is 0. The fourth-order valence-electron chi connectivity index (χ4n) is 3.38. The van der Waals surface area contributed by atoms with Gasteiger partial charge in [-0.3, -0.25) is 9.69 Å². The molecule has 1 aromatic carbocycles. The molecule has 1 aliphatic carbocycles. The molecule has 2 nitrogen and oxygen atoms in total. The normalized spacial score (nSPS) is 17.6. The molecule has 2 rings (SSSR count). The van der Waals surface area contributed by atoms with Crippen LogP contribution in [0, 0.1) is 0 Å². The Labute approximate surface area is 131 Å². The number of nitrogens with zero attached hydrogens (tertiary/aromatic N) is 1. The average molecular weight is 314 g/mol. The first-order chi connectivity index (χ1) is 9.55. The fourth-order valence-corrected chi connectivity index (χ4v) is 3.68. The molecule has 1 aliphatic rings. The lowest BCUT2D eigenvalue weighted by molar-refractivity contribution is 0.0584. The molecule has 20 heavy (non-hydrogen) atoms. The van der Waals surface area contributed by atoms with E-state index >= 15 is 0 Å². The molecule has 1 fully saturated rings. The van der Waals surface area contributed by atoms with Gasteiger partial charge in [0.25, 0.3) is 0 Å². The van der Waals surface area contributed by atoms with Crippen LogP contribution in [0.3, 0.4) is 0 Å². The van der Waals surface area contributed by atoms with Crippen LogP contribution in [-0.2, 0) is 0 Å². The van der Waals surface area contributed by atoms with E-state index in [1.807, 2.05) is 0 Å². The van der Waals surface area contributed by atoms with E-state index in [2.05, 4.69) is 18.7 Å². The van der Waals surface area contributed by atoms with Gasteiger partial charge in [0.2, 0.25) is 0 Å². The molecule has 4 heteroatoms. The molecule has 0 aromatic heterocycles. The van der Waals surface area contributed by atoms with Gasteiger partial charge in [-0.05, 0) is 44.1 Å². The number of carbonyl (C=O) groups excluding carboxylic acids is 1. The van der Waals surface area contributed by atoms with Crippen molar-refractivity contribution in [3.8, 4) is 0 Å². The second-order valence-electron chi connectivity index (χ2n) is 5.37. The Hall–Kier alpha value is -0.570. The van der Waals surface area contributed by atoms with E-state index in [4.69, 9.17) is 23.2 Å². The summed E-state index contributed by atoms with van der Waals surface area (Å²) in [6.07, 6.45) is 4.11. The highest BCUT2D eigenvalue weighted by molar-refractivity contribution is 6.42. The van der Waals surface area contributed by atoms with Gasteiger partial charge in [0.05, 0.1) is 15.6 Å². The quantitative estimate of drug-likeness (QED) is 0.726. The van der Waals surface area contributed by atoms with E-state index in [1.165, 1.54) is 0 Å². The minimum Gasteiger partial charge on any atom is -0.292 e. The minimum atomic E-state index is -0.347. The van der Waals surface area contributed by atoms with Gasteiger partial charge in [-0.15, -0.1) is 0 Å². The van der Waals surface area contributed by atoms with Crippen molar-refractivity contribution in [1.82, 2.24) is 4.90 Å². The van der Waals surface area contributed by atoms with E-state index in [-0.39, 0.29) is 11.3 Å². The van der Waals surface area contributed by atoms with E-state index in [0.29, 0.717) is 15.6 Å². The molecule has 0 heterocycles. The SMILES string of the molecule is CCN(CC)C1(C(=O)c2ccc(Cl)c(Cl)c2)CCCC1. The van der Waals surface area contributed by atoms with Gasteiger partial charge in [-0.2, -0.15) is 0 Å². The summed E-state index contributed by atoms with van der Waals surface area (Å²) >= 11 is 12.0. The molecule has 110 valence electrons. The van der Waals surface area contributed by atoms with Gasteiger partial charge in [-0.1, -0.05) is 49.9 Å². The molecule has 0 radical (unpaired) electrons. The van der Waals surface area contributed by atoms with Crippen molar-refractivity contribution >= 4 is 29.0 Å². The highest BCUT2D eigenvalue weighted by Crippen LogP contribution is 2.38. The summed E-state index contributed by atoms with van der Waals surface area (Å²) in [4.78, 5) is 15.3. The Bertz CT molecular complexity index is 491. The number of benzene rings is 1. The Morgan fingerprint density at radius 3 is 2.25 bits per heavy atom. The summed E-state index contributed by atoms with van der Waals surface area (Å²) in [6.45, 7) is 6.02. The third-order valence-corrected chi connectivity index (χ3v) is 5.14. The first-order valence-electron chi connectivity index (χ1n) is 7.30. The predicted octanol–water partition coefficient (Wildman–Crippen LogP) is 4.83. The number of hydrogen-bond acceptors (Lipinski definition) is 2. The summed E-state index contributed by atoms with van der Waals surface area (Å²) in [6, 6.07) is 5.21. The van der Waals surface area contributed by atoms with Gasteiger partial charge >= 0.3 is 0 Å². The third-order valence-electron chi connectivity index (χ3n) is 4.40. The van der Waals surface area contributed by atoms with E-state index < -0.39 is 0 Å². The van der Waals surface area contributed by atoms with Crippen LogP contribution in [0.15, 0.2) is 18.2 Å². The maximum atomic E-state index is 13.0. The molecule has 0 N–H and O–H groups in total. The van der Waals surface area contributed by atoms with Crippen LogP contribution in [-0.4, -0.2) is 29.3 Å². The topological polar surface area (TPSA) is 20.3 Å². The summed E-state index contributed by atoms with van der Waals surface area (Å²) in [5.41, 5.74) is 0.328. The maximum absolute atomic E-state index is 13.0. The third kappa shape index (κ3) is 2.74. The standard InChI is InChI=1S/C16H21Cl2NO/c1-3-19(4-2)16(9-5-6-10-16)15(20)12-7-8-13(17)14(18)11-12/h7-8,11H,3-6,9-10H2,1-2H3. The zero-order valence-electron chi connectivity index (χ0n) is 12.1. The molecular formula is C16H21Cl2NO. The summed E-state index contributed by atoms with van der Waals surface area (Å²) in [7, 11) is 0. The fraction of sp³-hybridized carbons (Fsp3) is 0.562. The zero-order chi connectivity index (χ0) is 14.8. The van der Waals surface area contributed by atoms with Crippen LogP contribution in [0.5, 0.6) is 0 Å². The number of rotatable bonds is 5. The first-order valence-corrected chi connectivity index (χ1v) is 8.05. The van der Waals surface area contributed by atoms with E-state index in [9.17, 15) is 4.79 Å². The zero-order valence-corrected chi connectivity index (χ0v) is 13.6. The van der Waals surface area contributed by atoms with Crippen LogP contribution in [0.2, 0.25) is 10.0 Å². The lowest BCUT2D eigenvalue weighted by Crippen LogP contribution is -2.52. The molecule has 0 bridgehead atoms. The van der Waals surface area contributed by atoms with Gasteiger partial charge < -0.3 is 0 Å². The van der Waals surface area contributed by atoms with Crippen LogP contribution in [0.1, 0.15) is 49.9 Å². The van der Waals surface area contributed by atoms with Gasteiger partial charge in [-0.25, -0.2) is 0 Å². The number of ketones is 1. The van der Waals surface area contributed by atoms with Crippen molar-refractivity contribution in [1.29, 1.82) is 0 Å². The molecule has 0 saturated heterocycles. The summed E-state index contributed by atoms with van der Waals surface area (Å²) < 4.78 is 0. The monoisotopic (exact) mass is 313 g/mol. The largest absolute Gasteiger partial charge is 0.292 e. The van der Waals surface area contributed by atoms with Crippen molar-refractivity contribution in [2.75, 3.05) is 13.1 Å². The summed E-state index contributed by atoms with van der Waals surface area (Å²) in [5.74, 6) is 0.192. The molecule has 0 atom stereocenters. The smallest absolute Gasteiger partial charge is 0.183 e. The van der Waals surface area contributed by atoms with Crippen molar-refractivity contribution in [2.45, 2.75) is 45.1 Å². The Morgan fingerprint density at radius 1 is 1.15 bits per heavy atom. The second-order valence-corrected chi connectivity index (χ2v) is 6.18. The van der Waals surface area contributed by atoms with Crippen molar-refractivity contribution in [3.63, 3.8) is 0 Å². The highest BCUT2D eigenvalue weighted by Gasteiger charge is 2.45. The number of likely N-dealkylation sites (N-methyl/N-ethyl adjacent to an activating group) is 1. The average Bonchev–Trinajstić information content (AvgIpc) is 2.93. The van der Waals surface area contributed by atoms with Gasteiger partial charge in [0.15, 0.2) is 5.78 Å². The predicted molar refractivity (Wildman–Crippen MR) is 84.9 cm³/mol. The van der Waals surface area contributed by atoms with Crippen LogP contribution >= 0.6 is 23.2 Å². The van der Waals surface area contributed by atoms with E-state index in [1.54, 1.807) is 18.2 Å².